The lowest BCUT2D eigenvalue weighted by molar-refractivity contribution is -0.00234. The first kappa shape index (κ1) is 11.5. The van der Waals surface area contributed by atoms with Crippen LogP contribution in [0.25, 0.3) is 0 Å². The normalized spacial score (nSPS) is 35.2. The van der Waals surface area contributed by atoms with Gasteiger partial charge in [-0.25, -0.2) is 4.57 Å². The van der Waals surface area contributed by atoms with Crippen molar-refractivity contribution in [3.63, 3.8) is 0 Å². The zero-order valence-electron chi connectivity index (χ0n) is 6.61. The van der Waals surface area contributed by atoms with E-state index in [4.69, 9.17) is 14.5 Å². The summed E-state index contributed by atoms with van der Waals surface area (Å²) < 4.78 is 19.5. The molecule has 6 nitrogen and oxygen atoms in total. The highest BCUT2D eigenvalue weighted by molar-refractivity contribution is 7.80. The Balaban J connectivity index is 2.34. The molecule has 0 aromatic carbocycles. The lowest BCUT2D eigenvalue weighted by atomic mass is 10.2. The van der Waals surface area contributed by atoms with Gasteiger partial charge in [0.15, 0.2) is 0 Å². The van der Waals surface area contributed by atoms with Crippen molar-refractivity contribution in [2.45, 2.75) is 24.1 Å². The summed E-state index contributed by atoms with van der Waals surface area (Å²) >= 11 is 3.94. The molecule has 0 radical (unpaired) electrons. The summed E-state index contributed by atoms with van der Waals surface area (Å²) in [6.07, 6.45) is -1.16. The highest BCUT2D eigenvalue weighted by Gasteiger charge is 2.33. The van der Waals surface area contributed by atoms with Gasteiger partial charge in [-0.2, -0.15) is 0 Å². The van der Waals surface area contributed by atoms with E-state index in [1.807, 2.05) is 0 Å². The average molecular weight is 230 g/mol. The molecule has 3 unspecified atom stereocenters. The minimum absolute atomic E-state index is 0.331. The molecule has 1 saturated heterocycles. The summed E-state index contributed by atoms with van der Waals surface area (Å²) in [5, 5.41) is 9.25. The Bertz CT molecular complexity index is 217. The molecule has 0 saturated carbocycles. The largest absolute Gasteiger partial charge is 0.469 e. The van der Waals surface area contributed by atoms with Crippen LogP contribution in [0.5, 0.6) is 0 Å². The maximum atomic E-state index is 10.3. The van der Waals surface area contributed by atoms with E-state index in [2.05, 4.69) is 17.2 Å². The lowest BCUT2D eigenvalue weighted by Gasteiger charge is -2.14. The minimum Gasteiger partial charge on any atom is -0.390 e. The Morgan fingerprint density at radius 2 is 2.23 bits per heavy atom. The smallest absolute Gasteiger partial charge is 0.390 e. The molecule has 78 valence electrons. The monoisotopic (exact) mass is 230 g/mol. The molecular weight excluding hydrogens is 219 g/mol. The fourth-order valence-electron chi connectivity index (χ4n) is 1.03. The number of hydrogen-bond donors (Lipinski definition) is 4. The molecule has 1 rings (SSSR count). The number of ether oxygens (including phenoxy) is 1. The second-order valence-corrected chi connectivity index (χ2v) is 4.53. The van der Waals surface area contributed by atoms with Crippen molar-refractivity contribution in [1.29, 1.82) is 0 Å². The van der Waals surface area contributed by atoms with Crippen molar-refractivity contribution in [3.05, 3.63) is 0 Å². The fourth-order valence-corrected chi connectivity index (χ4v) is 1.74. The van der Waals surface area contributed by atoms with E-state index in [9.17, 15) is 9.67 Å². The number of aliphatic hydroxyl groups excluding tert-OH is 1. The fraction of sp³-hybridized carbons (Fsp3) is 1.00. The van der Waals surface area contributed by atoms with Crippen molar-refractivity contribution in [1.82, 2.24) is 0 Å². The molecule has 0 aromatic heterocycles. The van der Waals surface area contributed by atoms with E-state index in [1.54, 1.807) is 0 Å². The van der Waals surface area contributed by atoms with Crippen molar-refractivity contribution in [2.75, 3.05) is 6.61 Å². The summed E-state index contributed by atoms with van der Waals surface area (Å²) in [6.45, 7) is -0.331. The zero-order valence-corrected chi connectivity index (χ0v) is 8.40. The van der Waals surface area contributed by atoms with Gasteiger partial charge in [0.05, 0.1) is 12.7 Å². The Hall–Kier alpha value is 0.380. The van der Waals surface area contributed by atoms with Crippen LogP contribution in [-0.4, -0.2) is 39.1 Å². The lowest BCUT2D eigenvalue weighted by Crippen LogP contribution is -2.25. The Kier molecular flexibility index (Phi) is 3.76. The predicted octanol–water partition coefficient (Wildman–Crippen LogP) is -0.499. The predicted molar refractivity (Wildman–Crippen MR) is 46.3 cm³/mol. The van der Waals surface area contributed by atoms with E-state index in [0.717, 1.165) is 0 Å². The number of hydrogen-bond acceptors (Lipinski definition) is 5. The molecule has 1 fully saturated rings. The molecule has 0 aromatic rings. The van der Waals surface area contributed by atoms with Crippen LogP contribution >= 0.6 is 20.5 Å². The molecule has 0 aliphatic carbocycles. The second-order valence-electron chi connectivity index (χ2n) is 2.72. The molecule has 1 aliphatic heterocycles. The molecule has 0 bridgehead atoms. The van der Waals surface area contributed by atoms with Gasteiger partial charge in [0.1, 0.15) is 11.5 Å². The van der Waals surface area contributed by atoms with Crippen molar-refractivity contribution >= 4 is 20.5 Å². The first-order valence-corrected chi connectivity index (χ1v) is 5.65. The van der Waals surface area contributed by atoms with Crippen LogP contribution in [0.4, 0.5) is 0 Å². The van der Waals surface area contributed by atoms with Crippen LogP contribution in [0.15, 0.2) is 0 Å². The average Bonchev–Trinajstić information content (AvgIpc) is 2.24. The zero-order chi connectivity index (χ0) is 10.1. The van der Waals surface area contributed by atoms with Gasteiger partial charge in [-0.1, -0.05) is 0 Å². The highest BCUT2D eigenvalue weighted by atomic mass is 32.1. The molecule has 8 heteroatoms. The first-order valence-electron chi connectivity index (χ1n) is 3.60. The molecule has 1 aliphatic rings. The summed E-state index contributed by atoms with van der Waals surface area (Å²) in [5.41, 5.74) is -0.402. The summed E-state index contributed by atoms with van der Waals surface area (Å²) in [6, 6.07) is 0. The molecule has 3 atom stereocenters. The number of phosphoric acid groups is 1. The minimum atomic E-state index is -4.48. The maximum absolute atomic E-state index is 10.3. The van der Waals surface area contributed by atoms with Gasteiger partial charge < -0.3 is 19.6 Å². The Labute approximate surface area is 80.5 Å². The van der Waals surface area contributed by atoms with Gasteiger partial charge in [0, 0.05) is 6.42 Å². The first-order chi connectivity index (χ1) is 5.88. The van der Waals surface area contributed by atoms with Crippen LogP contribution in [0.1, 0.15) is 6.42 Å². The van der Waals surface area contributed by atoms with E-state index in [0.29, 0.717) is 6.42 Å². The summed E-state index contributed by atoms with van der Waals surface area (Å²) in [4.78, 5) is 16.7. The molecule has 1 heterocycles. The Morgan fingerprint density at radius 1 is 1.62 bits per heavy atom. The van der Waals surface area contributed by atoms with E-state index < -0.39 is 25.5 Å². The number of phosphoric ester groups is 1. The van der Waals surface area contributed by atoms with Gasteiger partial charge in [-0.05, 0) is 0 Å². The highest BCUT2D eigenvalue weighted by Crippen LogP contribution is 2.37. The number of rotatable bonds is 3. The third-order valence-corrected chi connectivity index (χ3v) is 2.43. The summed E-state index contributed by atoms with van der Waals surface area (Å²) in [7, 11) is -4.48. The van der Waals surface area contributed by atoms with Crippen molar-refractivity contribution < 1.29 is 28.7 Å². The van der Waals surface area contributed by atoms with Gasteiger partial charge in [-0.15, -0.1) is 12.6 Å². The molecule has 0 amide bonds. The van der Waals surface area contributed by atoms with Gasteiger partial charge in [-0.3, -0.25) is 4.52 Å². The molecule has 3 N–H and O–H groups in total. The quantitative estimate of drug-likeness (QED) is 0.385. The van der Waals surface area contributed by atoms with Gasteiger partial charge in [0.25, 0.3) is 0 Å². The molecular formula is C5H11O6PS. The van der Waals surface area contributed by atoms with Crippen LogP contribution in [-0.2, 0) is 13.8 Å². The number of thiol groups is 1. The van der Waals surface area contributed by atoms with Gasteiger partial charge >= 0.3 is 7.82 Å². The van der Waals surface area contributed by atoms with E-state index in [1.165, 1.54) is 0 Å². The standard InChI is InChI=1S/C5H11O6PS/c6-3-1-5(13)11-4(3)2-10-12(7,8)9/h3-6,13H,1-2H2,(H2,7,8,9). The van der Waals surface area contributed by atoms with Gasteiger partial charge in [0.2, 0.25) is 0 Å². The third kappa shape index (κ3) is 3.95. The van der Waals surface area contributed by atoms with E-state index in [-0.39, 0.29) is 6.61 Å². The van der Waals surface area contributed by atoms with Crippen LogP contribution in [0, 0.1) is 0 Å². The third-order valence-electron chi connectivity index (χ3n) is 1.61. The summed E-state index contributed by atoms with van der Waals surface area (Å²) in [5.74, 6) is 0. The molecule has 0 spiro atoms. The van der Waals surface area contributed by atoms with Crippen LogP contribution in [0.3, 0.4) is 0 Å². The second kappa shape index (κ2) is 4.27. The Morgan fingerprint density at radius 3 is 2.62 bits per heavy atom. The topological polar surface area (TPSA) is 96.2 Å². The number of aliphatic hydroxyl groups is 1. The van der Waals surface area contributed by atoms with Crippen molar-refractivity contribution in [3.8, 4) is 0 Å². The molecule has 13 heavy (non-hydrogen) atoms. The van der Waals surface area contributed by atoms with Crippen LogP contribution < -0.4 is 0 Å². The van der Waals surface area contributed by atoms with E-state index >= 15 is 0 Å². The SMILES string of the molecule is O=P(O)(O)OCC1OC(S)CC1O. The van der Waals surface area contributed by atoms with Crippen molar-refractivity contribution in [2.24, 2.45) is 0 Å². The maximum Gasteiger partial charge on any atom is 0.469 e. The van der Waals surface area contributed by atoms with Crippen LogP contribution in [0.2, 0.25) is 0 Å².